The van der Waals surface area contributed by atoms with E-state index in [0.29, 0.717) is 22.0 Å². The van der Waals surface area contributed by atoms with Gasteiger partial charge in [0.25, 0.3) is 0 Å². The summed E-state index contributed by atoms with van der Waals surface area (Å²) in [6, 6.07) is 3.95. The van der Waals surface area contributed by atoms with E-state index in [9.17, 15) is 0 Å². The van der Waals surface area contributed by atoms with Gasteiger partial charge in [0.1, 0.15) is 6.07 Å². The number of hydrogen-bond donors (Lipinski definition) is 0. The third-order valence-corrected chi connectivity index (χ3v) is 2.41. The van der Waals surface area contributed by atoms with Gasteiger partial charge in [-0.3, -0.25) is 4.98 Å². The summed E-state index contributed by atoms with van der Waals surface area (Å²) in [5.41, 5.74) is 2.77. The van der Waals surface area contributed by atoms with E-state index in [1.807, 2.05) is 13.0 Å². The fourth-order valence-corrected chi connectivity index (χ4v) is 1.70. The highest BCUT2D eigenvalue weighted by atomic mass is 35.5. The molecule has 2 heterocycles. The summed E-state index contributed by atoms with van der Waals surface area (Å²) in [5, 5.41) is 13.7. The quantitative estimate of drug-likeness (QED) is 0.759. The first kappa shape index (κ1) is 10.7. The molecule has 16 heavy (non-hydrogen) atoms. The van der Waals surface area contributed by atoms with Gasteiger partial charge in [0.2, 0.25) is 0 Å². The Morgan fingerprint density at radius 1 is 1.44 bits per heavy atom. The number of aryl methyl sites for hydroxylation is 2. The molecule has 80 valence electrons. The van der Waals surface area contributed by atoms with Crippen molar-refractivity contribution in [2.75, 3.05) is 0 Å². The molecule has 0 fully saturated rings. The van der Waals surface area contributed by atoms with Gasteiger partial charge in [-0.25, -0.2) is 4.68 Å². The Balaban J connectivity index is 2.69. The molecule has 0 spiro atoms. The minimum Gasteiger partial charge on any atom is -0.257 e. The second-order valence-corrected chi connectivity index (χ2v) is 3.89. The van der Waals surface area contributed by atoms with E-state index in [1.165, 1.54) is 6.20 Å². The van der Waals surface area contributed by atoms with Crippen LogP contribution in [0.2, 0.25) is 5.02 Å². The zero-order chi connectivity index (χ0) is 11.7. The van der Waals surface area contributed by atoms with Crippen molar-refractivity contribution in [3.8, 4) is 11.8 Å². The van der Waals surface area contributed by atoms with Crippen LogP contribution < -0.4 is 0 Å². The molecule has 5 heteroatoms. The maximum atomic E-state index is 9.09. The van der Waals surface area contributed by atoms with Gasteiger partial charge >= 0.3 is 0 Å². The Labute approximate surface area is 98.1 Å². The van der Waals surface area contributed by atoms with Gasteiger partial charge in [-0.1, -0.05) is 11.6 Å². The van der Waals surface area contributed by atoms with Crippen LogP contribution in [0, 0.1) is 25.2 Å². The average Bonchev–Trinajstić information content (AvgIpc) is 2.63. The molecular weight excluding hydrogens is 224 g/mol. The lowest BCUT2D eigenvalue weighted by Gasteiger charge is -2.07. The maximum absolute atomic E-state index is 9.09. The summed E-state index contributed by atoms with van der Waals surface area (Å²) in [5.74, 6) is 0. The summed E-state index contributed by atoms with van der Waals surface area (Å²) in [4.78, 5) is 4.24. The molecule has 0 aromatic carbocycles. The van der Waals surface area contributed by atoms with Gasteiger partial charge in [-0.2, -0.15) is 10.4 Å². The largest absolute Gasteiger partial charge is 0.257 e. The van der Waals surface area contributed by atoms with E-state index < -0.39 is 0 Å². The molecule has 0 radical (unpaired) electrons. The molecule has 0 saturated heterocycles. The third kappa shape index (κ3) is 1.77. The number of rotatable bonds is 1. The molecule has 2 aromatic heterocycles. The van der Waals surface area contributed by atoms with E-state index in [-0.39, 0.29) is 0 Å². The van der Waals surface area contributed by atoms with E-state index in [4.69, 9.17) is 16.9 Å². The van der Waals surface area contributed by atoms with Gasteiger partial charge < -0.3 is 0 Å². The zero-order valence-corrected chi connectivity index (χ0v) is 9.65. The lowest BCUT2D eigenvalue weighted by atomic mass is 10.1. The monoisotopic (exact) mass is 232 g/mol. The average molecular weight is 233 g/mol. The van der Waals surface area contributed by atoms with E-state index in [0.717, 1.165) is 5.69 Å². The summed E-state index contributed by atoms with van der Waals surface area (Å²) >= 11 is 5.80. The smallest absolute Gasteiger partial charge is 0.103 e. The number of hydrogen-bond acceptors (Lipinski definition) is 3. The van der Waals surface area contributed by atoms with E-state index in [2.05, 4.69) is 16.2 Å². The molecule has 0 aliphatic rings. The summed E-state index contributed by atoms with van der Waals surface area (Å²) < 4.78 is 1.59. The van der Waals surface area contributed by atoms with Gasteiger partial charge in [0.15, 0.2) is 0 Å². The first-order valence-electron chi connectivity index (χ1n) is 4.70. The fraction of sp³-hybridized carbons (Fsp3) is 0.182. The van der Waals surface area contributed by atoms with Crippen LogP contribution in [0.15, 0.2) is 18.5 Å². The van der Waals surface area contributed by atoms with Crippen LogP contribution >= 0.6 is 11.6 Å². The van der Waals surface area contributed by atoms with Crippen LogP contribution in [0.5, 0.6) is 0 Å². The molecule has 0 saturated carbocycles. The first-order chi connectivity index (χ1) is 7.61. The molecule has 0 atom stereocenters. The standard InChI is InChI=1S/C11H9ClN4/c1-7-3-11(10(4-13)8(2)15-7)16-6-9(12)5-14-16/h3,5-6H,1-2H3. The van der Waals surface area contributed by atoms with Gasteiger partial charge in [0, 0.05) is 11.9 Å². The van der Waals surface area contributed by atoms with Gasteiger partial charge in [-0.05, 0) is 19.9 Å². The minimum atomic E-state index is 0.519. The lowest BCUT2D eigenvalue weighted by Crippen LogP contribution is -2.02. The highest BCUT2D eigenvalue weighted by Gasteiger charge is 2.10. The van der Waals surface area contributed by atoms with Crippen LogP contribution in [-0.4, -0.2) is 14.8 Å². The number of pyridine rings is 1. The van der Waals surface area contributed by atoms with Crippen molar-refractivity contribution in [1.29, 1.82) is 5.26 Å². The molecular formula is C11H9ClN4. The molecule has 2 rings (SSSR count). The van der Waals surface area contributed by atoms with Crippen LogP contribution in [0.3, 0.4) is 0 Å². The SMILES string of the molecule is Cc1cc(-n2cc(Cl)cn2)c(C#N)c(C)n1. The third-order valence-electron chi connectivity index (χ3n) is 2.22. The van der Waals surface area contributed by atoms with Crippen molar-refractivity contribution in [2.45, 2.75) is 13.8 Å². The van der Waals surface area contributed by atoms with Crippen molar-refractivity contribution in [3.05, 3.63) is 40.4 Å². The summed E-state index contributed by atoms with van der Waals surface area (Å²) in [6.07, 6.45) is 3.20. The minimum absolute atomic E-state index is 0.519. The molecule has 4 nitrogen and oxygen atoms in total. The van der Waals surface area contributed by atoms with Crippen LogP contribution in [-0.2, 0) is 0 Å². The lowest BCUT2D eigenvalue weighted by molar-refractivity contribution is 0.866. The van der Waals surface area contributed by atoms with Crippen molar-refractivity contribution >= 4 is 11.6 Å². The molecule has 0 aliphatic carbocycles. The first-order valence-corrected chi connectivity index (χ1v) is 5.08. The van der Waals surface area contributed by atoms with Crippen LogP contribution in [0.4, 0.5) is 0 Å². The predicted molar refractivity (Wildman–Crippen MR) is 60.6 cm³/mol. The van der Waals surface area contributed by atoms with Crippen molar-refractivity contribution < 1.29 is 0 Å². The van der Waals surface area contributed by atoms with E-state index in [1.54, 1.807) is 17.8 Å². The Kier molecular flexibility index (Phi) is 2.63. The summed E-state index contributed by atoms with van der Waals surface area (Å²) in [6.45, 7) is 3.68. The highest BCUT2D eigenvalue weighted by molar-refractivity contribution is 6.30. The Morgan fingerprint density at radius 3 is 2.75 bits per heavy atom. The van der Waals surface area contributed by atoms with Gasteiger partial charge in [0.05, 0.1) is 28.2 Å². The van der Waals surface area contributed by atoms with Crippen molar-refractivity contribution in [2.24, 2.45) is 0 Å². The van der Waals surface area contributed by atoms with Crippen LogP contribution in [0.25, 0.3) is 5.69 Å². The highest BCUT2D eigenvalue weighted by Crippen LogP contribution is 2.18. The zero-order valence-electron chi connectivity index (χ0n) is 8.90. The van der Waals surface area contributed by atoms with Crippen molar-refractivity contribution in [3.63, 3.8) is 0 Å². The number of aromatic nitrogens is 3. The van der Waals surface area contributed by atoms with Crippen LogP contribution in [0.1, 0.15) is 17.0 Å². The van der Waals surface area contributed by atoms with Crippen molar-refractivity contribution in [1.82, 2.24) is 14.8 Å². The molecule has 0 bridgehead atoms. The second kappa shape index (κ2) is 3.95. The molecule has 0 N–H and O–H groups in total. The Bertz CT molecular complexity index is 580. The molecule has 0 amide bonds. The number of nitrogens with zero attached hydrogens (tertiary/aromatic N) is 4. The fourth-order valence-electron chi connectivity index (χ4n) is 1.56. The molecule has 0 unspecified atom stereocenters. The molecule has 0 aliphatic heterocycles. The summed E-state index contributed by atoms with van der Waals surface area (Å²) in [7, 11) is 0. The number of nitriles is 1. The van der Waals surface area contributed by atoms with Gasteiger partial charge in [-0.15, -0.1) is 0 Å². The topological polar surface area (TPSA) is 54.5 Å². The maximum Gasteiger partial charge on any atom is 0.103 e. The molecule has 2 aromatic rings. The predicted octanol–water partition coefficient (Wildman–Crippen LogP) is 2.41. The Hall–Kier alpha value is -1.86. The Morgan fingerprint density at radius 2 is 2.19 bits per heavy atom. The second-order valence-electron chi connectivity index (χ2n) is 3.46. The van der Waals surface area contributed by atoms with E-state index >= 15 is 0 Å². The number of halogens is 1. The normalized spacial score (nSPS) is 10.1.